The number of hydrogen-bond donors (Lipinski definition) is 1. The first-order valence-electron chi connectivity index (χ1n) is 6.14. The molecule has 0 saturated carbocycles. The Morgan fingerprint density at radius 1 is 1.33 bits per heavy atom. The van der Waals surface area contributed by atoms with Gasteiger partial charge in [0.15, 0.2) is 11.5 Å². The summed E-state index contributed by atoms with van der Waals surface area (Å²) in [6.07, 6.45) is 5.78. The molecule has 0 atom stereocenters. The van der Waals surface area contributed by atoms with Gasteiger partial charge in [0.25, 0.3) is 0 Å². The second-order valence-corrected chi connectivity index (χ2v) is 4.32. The van der Waals surface area contributed by atoms with Crippen molar-refractivity contribution in [3.05, 3.63) is 23.8 Å². The van der Waals surface area contributed by atoms with Gasteiger partial charge in [-0.1, -0.05) is 19.9 Å². The maximum atomic E-state index is 5.56. The van der Waals surface area contributed by atoms with Crippen LogP contribution in [0, 0.1) is 12.3 Å². The van der Waals surface area contributed by atoms with Gasteiger partial charge in [-0.2, -0.15) is 0 Å². The molecule has 3 nitrogen and oxygen atoms in total. The van der Waals surface area contributed by atoms with Gasteiger partial charge in [0.05, 0.1) is 13.7 Å². The van der Waals surface area contributed by atoms with Crippen molar-refractivity contribution in [2.45, 2.75) is 32.9 Å². The molecule has 1 rings (SSSR count). The fraction of sp³-hybridized carbons (Fsp3) is 0.467. The normalized spacial score (nSPS) is 10.2. The van der Waals surface area contributed by atoms with E-state index in [0.29, 0.717) is 19.1 Å². The van der Waals surface area contributed by atoms with Crippen molar-refractivity contribution in [3.8, 4) is 23.8 Å². The Labute approximate surface area is 109 Å². The summed E-state index contributed by atoms with van der Waals surface area (Å²) in [6.45, 7) is 5.57. The van der Waals surface area contributed by atoms with Crippen molar-refractivity contribution in [1.29, 1.82) is 0 Å². The first kappa shape index (κ1) is 14.4. The molecule has 0 aliphatic heterocycles. The maximum absolute atomic E-state index is 5.56. The van der Waals surface area contributed by atoms with Crippen molar-refractivity contribution in [2.24, 2.45) is 0 Å². The molecule has 0 aromatic heterocycles. The SMILES string of the molecule is C#CCCOc1ccc(CNC(C)C)cc1OC. The zero-order valence-corrected chi connectivity index (χ0v) is 11.3. The smallest absolute Gasteiger partial charge is 0.161 e. The number of rotatable bonds is 7. The van der Waals surface area contributed by atoms with Crippen molar-refractivity contribution < 1.29 is 9.47 Å². The van der Waals surface area contributed by atoms with E-state index in [4.69, 9.17) is 15.9 Å². The predicted molar refractivity (Wildman–Crippen MR) is 73.9 cm³/mol. The fourth-order valence-corrected chi connectivity index (χ4v) is 1.48. The van der Waals surface area contributed by atoms with E-state index in [-0.39, 0.29) is 0 Å². The van der Waals surface area contributed by atoms with Gasteiger partial charge in [0.1, 0.15) is 0 Å². The average molecular weight is 247 g/mol. The van der Waals surface area contributed by atoms with Crippen LogP contribution in [-0.2, 0) is 6.54 Å². The van der Waals surface area contributed by atoms with Crippen LogP contribution in [0.3, 0.4) is 0 Å². The Morgan fingerprint density at radius 3 is 2.72 bits per heavy atom. The van der Waals surface area contributed by atoms with Gasteiger partial charge in [0, 0.05) is 19.0 Å². The molecule has 18 heavy (non-hydrogen) atoms. The Balaban J connectivity index is 2.67. The van der Waals surface area contributed by atoms with E-state index in [0.717, 1.165) is 18.0 Å². The van der Waals surface area contributed by atoms with Gasteiger partial charge < -0.3 is 14.8 Å². The third-order valence-electron chi connectivity index (χ3n) is 2.45. The van der Waals surface area contributed by atoms with Crippen molar-refractivity contribution in [1.82, 2.24) is 5.32 Å². The molecule has 98 valence electrons. The predicted octanol–water partition coefficient (Wildman–Crippen LogP) is 2.60. The van der Waals surface area contributed by atoms with E-state index in [1.54, 1.807) is 7.11 Å². The summed E-state index contributed by atoms with van der Waals surface area (Å²) in [5.74, 6) is 4.03. The highest BCUT2D eigenvalue weighted by Crippen LogP contribution is 2.28. The molecule has 0 bridgehead atoms. The summed E-state index contributed by atoms with van der Waals surface area (Å²) in [5.41, 5.74) is 1.17. The molecular formula is C15H21NO2. The third-order valence-corrected chi connectivity index (χ3v) is 2.45. The molecule has 0 heterocycles. The molecule has 0 unspecified atom stereocenters. The fourth-order valence-electron chi connectivity index (χ4n) is 1.48. The van der Waals surface area contributed by atoms with Crippen LogP contribution in [-0.4, -0.2) is 19.8 Å². The summed E-state index contributed by atoms with van der Waals surface area (Å²) in [7, 11) is 1.64. The lowest BCUT2D eigenvalue weighted by Crippen LogP contribution is -2.21. The van der Waals surface area contributed by atoms with Crippen LogP contribution in [0.25, 0.3) is 0 Å². The minimum absolute atomic E-state index is 0.461. The van der Waals surface area contributed by atoms with Gasteiger partial charge in [-0.25, -0.2) is 0 Å². The average Bonchev–Trinajstić information content (AvgIpc) is 2.37. The first-order chi connectivity index (χ1) is 8.67. The second kappa shape index (κ2) is 7.62. The first-order valence-corrected chi connectivity index (χ1v) is 6.14. The maximum Gasteiger partial charge on any atom is 0.161 e. The molecule has 0 aliphatic rings. The Kier molecular flexibility index (Phi) is 6.10. The van der Waals surface area contributed by atoms with E-state index < -0.39 is 0 Å². The summed E-state index contributed by atoms with van der Waals surface area (Å²) in [5, 5.41) is 3.36. The standard InChI is InChI=1S/C15H21NO2/c1-5-6-9-18-14-8-7-13(10-15(14)17-4)11-16-12(2)3/h1,7-8,10,12,16H,6,9,11H2,2-4H3. The lowest BCUT2D eigenvalue weighted by atomic mass is 10.2. The lowest BCUT2D eigenvalue weighted by molar-refractivity contribution is 0.301. The van der Waals surface area contributed by atoms with E-state index in [1.165, 1.54) is 5.56 Å². The molecule has 1 aromatic carbocycles. The summed E-state index contributed by atoms with van der Waals surface area (Å²) in [6, 6.07) is 6.40. The van der Waals surface area contributed by atoms with Gasteiger partial charge in [-0.15, -0.1) is 12.3 Å². The lowest BCUT2D eigenvalue weighted by Gasteiger charge is -2.13. The van der Waals surface area contributed by atoms with Crippen LogP contribution in [0.15, 0.2) is 18.2 Å². The quantitative estimate of drug-likeness (QED) is 0.593. The second-order valence-electron chi connectivity index (χ2n) is 4.32. The van der Waals surface area contributed by atoms with Crippen LogP contribution in [0.5, 0.6) is 11.5 Å². The zero-order chi connectivity index (χ0) is 13.4. The number of nitrogens with one attached hydrogen (secondary N) is 1. The molecule has 0 saturated heterocycles. The minimum Gasteiger partial charge on any atom is -0.493 e. The van der Waals surface area contributed by atoms with E-state index in [2.05, 4.69) is 25.1 Å². The molecular weight excluding hydrogens is 226 g/mol. The van der Waals surface area contributed by atoms with Gasteiger partial charge in [-0.05, 0) is 17.7 Å². The van der Waals surface area contributed by atoms with Crippen LogP contribution >= 0.6 is 0 Å². The van der Waals surface area contributed by atoms with E-state index >= 15 is 0 Å². The Bertz CT molecular complexity index is 407. The highest BCUT2D eigenvalue weighted by molar-refractivity contribution is 5.43. The van der Waals surface area contributed by atoms with Crippen LogP contribution in [0.2, 0.25) is 0 Å². The summed E-state index contributed by atoms with van der Waals surface area (Å²) < 4.78 is 10.9. The summed E-state index contributed by atoms with van der Waals surface area (Å²) >= 11 is 0. The van der Waals surface area contributed by atoms with Gasteiger partial charge in [-0.3, -0.25) is 0 Å². The van der Waals surface area contributed by atoms with Crippen LogP contribution in [0.4, 0.5) is 0 Å². The van der Waals surface area contributed by atoms with Crippen LogP contribution in [0.1, 0.15) is 25.8 Å². The van der Waals surface area contributed by atoms with Gasteiger partial charge >= 0.3 is 0 Å². The number of methoxy groups -OCH3 is 1. The topological polar surface area (TPSA) is 30.5 Å². The molecule has 0 radical (unpaired) electrons. The molecule has 3 heteroatoms. The molecule has 1 aromatic rings. The Hall–Kier alpha value is -1.66. The number of ether oxygens (including phenoxy) is 2. The number of hydrogen-bond acceptors (Lipinski definition) is 3. The monoisotopic (exact) mass is 247 g/mol. The molecule has 0 amide bonds. The van der Waals surface area contributed by atoms with E-state index in [1.807, 2.05) is 18.2 Å². The van der Waals surface area contributed by atoms with Crippen molar-refractivity contribution >= 4 is 0 Å². The zero-order valence-electron chi connectivity index (χ0n) is 11.3. The number of terminal acetylenes is 1. The van der Waals surface area contributed by atoms with E-state index in [9.17, 15) is 0 Å². The molecule has 0 fully saturated rings. The van der Waals surface area contributed by atoms with Crippen molar-refractivity contribution in [2.75, 3.05) is 13.7 Å². The highest BCUT2D eigenvalue weighted by Gasteiger charge is 2.05. The largest absolute Gasteiger partial charge is 0.493 e. The molecule has 0 aliphatic carbocycles. The Morgan fingerprint density at radius 2 is 2.11 bits per heavy atom. The highest BCUT2D eigenvalue weighted by atomic mass is 16.5. The van der Waals surface area contributed by atoms with Crippen LogP contribution < -0.4 is 14.8 Å². The number of benzene rings is 1. The van der Waals surface area contributed by atoms with Crippen molar-refractivity contribution in [3.63, 3.8) is 0 Å². The van der Waals surface area contributed by atoms with Gasteiger partial charge in [0.2, 0.25) is 0 Å². The minimum atomic E-state index is 0.461. The third kappa shape index (κ3) is 4.68. The molecule has 0 spiro atoms. The molecule has 1 N–H and O–H groups in total. The summed E-state index contributed by atoms with van der Waals surface area (Å²) in [4.78, 5) is 0.